The first-order valence-corrected chi connectivity index (χ1v) is 6.98. The second-order valence-corrected chi connectivity index (χ2v) is 5.12. The lowest BCUT2D eigenvalue weighted by Gasteiger charge is -2.07. The van der Waals surface area contributed by atoms with Crippen molar-refractivity contribution in [2.75, 3.05) is 11.9 Å². The highest BCUT2D eigenvalue weighted by molar-refractivity contribution is 5.89. The summed E-state index contributed by atoms with van der Waals surface area (Å²) in [5.41, 5.74) is 1.42. The van der Waals surface area contributed by atoms with Gasteiger partial charge in [-0.05, 0) is 35.4 Å². The van der Waals surface area contributed by atoms with Gasteiger partial charge in [0.1, 0.15) is 11.6 Å². The molecule has 23 heavy (non-hydrogen) atoms. The summed E-state index contributed by atoms with van der Waals surface area (Å²) in [5.74, 6) is 0.138. The van der Waals surface area contributed by atoms with E-state index in [1.54, 1.807) is 24.3 Å². The fourth-order valence-corrected chi connectivity index (χ4v) is 1.61. The molecule has 2 rings (SSSR count). The van der Waals surface area contributed by atoms with Crippen molar-refractivity contribution in [1.29, 1.82) is 5.26 Å². The molecule has 0 saturated heterocycles. The third-order valence-corrected chi connectivity index (χ3v) is 2.76. The van der Waals surface area contributed by atoms with E-state index in [1.165, 1.54) is 6.20 Å². The number of H-pyrrole nitrogens is 1. The number of esters is 1. The maximum absolute atomic E-state index is 11.8. The van der Waals surface area contributed by atoms with Crippen molar-refractivity contribution in [3.05, 3.63) is 41.9 Å². The second-order valence-electron chi connectivity index (χ2n) is 5.12. The van der Waals surface area contributed by atoms with Crippen LogP contribution in [0.1, 0.15) is 30.0 Å². The number of hydrogen-bond acceptors (Lipinski definition) is 7. The van der Waals surface area contributed by atoms with Gasteiger partial charge in [-0.3, -0.25) is 0 Å². The number of nitriles is 1. The fourth-order valence-electron chi connectivity index (χ4n) is 1.61. The predicted molar refractivity (Wildman–Crippen MR) is 83.0 cm³/mol. The topological polar surface area (TPSA) is 117 Å². The summed E-state index contributed by atoms with van der Waals surface area (Å²) in [5, 5.41) is 25.1. The Hall–Kier alpha value is -3.21. The van der Waals surface area contributed by atoms with Crippen LogP contribution in [0.5, 0.6) is 0 Å². The van der Waals surface area contributed by atoms with Gasteiger partial charge in [0, 0.05) is 11.9 Å². The summed E-state index contributed by atoms with van der Waals surface area (Å²) < 4.78 is 5.15. The molecule has 0 fully saturated rings. The number of benzene rings is 1. The van der Waals surface area contributed by atoms with Gasteiger partial charge in [0.15, 0.2) is 0 Å². The Morgan fingerprint density at radius 3 is 2.74 bits per heavy atom. The average molecular weight is 312 g/mol. The first-order chi connectivity index (χ1) is 11.1. The Labute approximate surface area is 133 Å². The van der Waals surface area contributed by atoms with E-state index in [-0.39, 0.29) is 17.4 Å². The molecule has 8 nitrogen and oxygen atoms in total. The number of anilines is 1. The zero-order valence-corrected chi connectivity index (χ0v) is 12.8. The quantitative estimate of drug-likeness (QED) is 0.618. The normalized spacial score (nSPS) is 11.1. The van der Waals surface area contributed by atoms with E-state index in [9.17, 15) is 4.79 Å². The number of allylic oxidation sites excluding steroid dienone is 1. The maximum Gasteiger partial charge on any atom is 0.338 e. The number of aromatic nitrogens is 4. The maximum atomic E-state index is 11.8. The van der Waals surface area contributed by atoms with Gasteiger partial charge < -0.3 is 10.1 Å². The summed E-state index contributed by atoms with van der Waals surface area (Å²) in [7, 11) is 0. The number of ether oxygens (including phenoxy) is 1. The molecular weight excluding hydrogens is 296 g/mol. The molecule has 0 aliphatic rings. The molecule has 0 aliphatic heterocycles. The number of carbonyl (C=O) groups excluding carboxylic acids is 1. The van der Waals surface area contributed by atoms with Crippen LogP contribution in [0.25, 0.3) is 5.57 Å². The summed E-state index contributed by atoms with van der Waals surface area (Å²) >= 11 is 0. The summed E-state index contributed by atoms with van der Waals surface area (Å²) in [6.45, 7) is 4.34. The van der Waals surface area contributed by atoms with Crippen molar-refractivity contribution in [2.45, 2.75) is 13.8 Å². The van der Waals surface area contributed by atoms with Crippen LogP contribution in [0.15, 0.2) is 30.5 Å². The highest BCUT2D eigenvalue weighted by atomic mass is 16.5. The third-order valence-electron chi connectivity index (χ3n) is 2.76. The molecule has 1 heterocycles. The number of nitrogens with one attached hydrogen (secondary N) is 2. The van der Waals surface area contributed by atoms with Crippen molar-refractivity contribution in [1.82, 2.24) is 20.6 Å². The third kappa shape index (κ3) is 4.64. The minimum Gasteiger partial charge on any atom is -0.462 e. The van der Waals surface area contributed by atoms with Gasteiger partial charge in [0.05, 0.1) is 12.2 Å². The largest absolute Gasteiger partial charge is 0.462 e. The first kappa shape index (κ1) is 16.2. The highest BCUT2D eigenvalue weighted by Crippen LogP contribution is 2.13. The summed E-state index contributed by atoms with van der Waals surface area (Å²) in [6.07, 6.45) is 1.47. The molecule has 8 heteroatoms. The van der Waals surface area contributed by atoms with E-state index >= 15 is 0 Å². The van der Waals surface area contributed by atoms with Crippen molar-refractivity contribution in [3.8, 4) is 6.07 Å². The smallest absolute Gasteiger partial charge is 0.338 e. The molecule has 1 aromatic heterocycles. The van der Waals surface area contributed by atoms with E-state index in [2.05, 4.69) is 25.9 Å². The lowest BCUT2D eigenvalue weighted by atomic mass is 10.2. The van der Waals surface area contributed by atoms with Gasteiger partial charge in [0.25, 0.3) is 0 Å². The van der Waals surface area contributed by atoms with E-state index in [4.69, 9.17) is 10.00 Å². The molecule has 1 aromatic carbocycles. The standard InChI is InChI=1S/C15H16N6O2/c1-10(2)9-23-15(22)11-3-5-13(6-4-11)17-8-12(7-16)14-18-20-21-19-14/h3-6,8,10,17H,9H2,1-2H3,(H,18,19,20,21). The van der Waals surface area contributed by atoms with Gasteiger partial charge in [-0.1, -0.05) is 13.8 Å². The van der Waals surface area contributed by atoms with Crippen molar-refractivity contribution >= 4 is 17.2 Å². The number of rotatable bonds is 6. The number of nitrogens with zero attached hydrogens (tertiary/aromatic N) is 4. The average Bonchev–Trinajstić information content (AvgIpc) is 3.08. The van der Waals surface area contributed by atoms with Crippen LogP contribution in [-0.4, -0.2) is 33.2 Å². The van der Waals surface area contributed by atoms with Crippen molar-refractivity contribution in [2.24, 2.45) is 5.92 Å². The van der Waals surface area contributed by atoms with Crippen LogP contribution in [0.2, 0.25) is 0 Å². The molecule has 118 valence electrons. The number of hydrogen-bond donors (Lipinski definition) is 2. The van der Waals surface area contributed by atoms with Crippen LogP contribution in [0.3, 0.4) is 0 Å². The Balaban J connectivity index is 2.00. The van der Waals surface area contributed by atoms with Crippen LogP contribution < -0.4 is 5.32 Å². The highest BCUT2D eigenvalue weighted by Gasteiger charge is 2.08. The number of tetrazole rings is 1. The Morgan fingerprint density at radius 2 is 2.17 bits per heavy atom. The van der Waals surface area contributed by atoms with Gasteiger partial charge in [-0.15, -0.1) is 10.2 Å². The lowest BCUT2D eigenvalue weighted by molar-refractivity contribution is 0.0459. The second kappa shape index (κ2) is 7.70. The Morgan fingerprint density at radius 1 is 1.43 bits per heavy atom. The van der Waals surface area contributed by atoms with Crippen molar-refractivity contribution in [3.63, 3.8) is 0 Å². The molecule has 0 spiro atoms. The molecular formula is C15H16N6O2. The SMILES string of the molecule is CC(C)COC(=O)c1ccc(NC=C(C#N)c2nn[nH]n2)cc1. The molecule has 0 saturated carbocycles. The molecule has 2 N–H and O–H groups in total. The van der Waals surface area contributed by atoms with E-state index < -0.39 is 0 Å². The van der Waals surface area contributed by atoms with Gasteiger partial charge in [-0.2, -0.15) is 10.5 Å². The van der Waals surface area contributed by atoms with E-state index in [1.807, 2.05) is 19.9 Å². The molecule has 0 atom stereocenters. The molecule has 0 radical (unpaired) electrons. The lowest BCUT2D eigenvalue weighted by Crippen LogP contribution is -2.10. The number of aromatic amines is 1. The van der Waals surface area contributed by atoms with Crippen LogP contribution in [0.4, 0.5) is 5.69 Å². The van der Waals surface area contributed by atoms with E-state index in [0.717, 1.165) is 0 Å². The molecule has 0 amide bonds. The summed E-state index contributed by atoms with van der Waals surface area (Å²) in [4.78, 5) is 11.8. The van der Waals surface area contributed by atoms with Crippen LogP contribution in [0, 0.1) is 17.2 Å². The first-order valence-electron chi connectivity index (χ1n) is 6.98. The molecule has 0 bridgehead atoms. The van der Waals surface area contributed by atoms with Crippen LogP contribution >= 0.6 is 0 Å². The predicted octanol–water partition coefficient (Wildman–Crippen LogP) is 1.99. The van der Waals surface area contributed by atoms with Gasteiger partial charge >= 0.3 is 5.97 Å². The molecule has 0 unspecified atom stereocenters. The van der Waals surface area contributed by atoms with Crippen molar-refractivity contribution < 1.29 is 9.53 Å². The minimum absolute atomic E-state index is 0.203. The Bertz CT molecular complexity index is 713. The zero-order chi connectivity index (χ0) is 16.7. The Kier molecular flexibility index (Phi) is 5.41. The summed E-state index contributed by atoms with van der Waals surface area (Å²) in [6, 6.07) is 8.71. The van der Waals surface area contributed by atoms with E-state index in [0.29, 0.717) is 23.8 Å². The molecule has 0 aliphatic carbocycles. The number of carbonyl (C=O) groups is 1. The molecule has 2 aromatic rings. The van der Waals surface area contributed by atoms with Gasteiger partial charge in [0.2, 0.25) is 5.82 Å². The zero-order valence-electron chi connectivity index (χ0n) is 12.8. The fraction of sp³-hybridized carbons (Fsp3) is 0.267. The van der Waals surface area contributed by atoms with Gasteiger partial charge in [-0.25, -0.2) is 4.79 Å². The monoisotopic (exact) mass is 312 g/mol. The van der Waals surface area contributed by atoms with Crippen LogP contribution in [-0.2, 0) is 4.74 Å². The minimum atomic E-state index is -0.356.